The van der Waals surface area contributed by atoms with E-state index in [4.69, 9.17) is 0 Å². The molecule has 0 aliphatic carbocycles. The molecular formula is C5H7NO3. The SMILES string of the molecule is CC(=O)C1COC(=O)N1. The van der Waals surface area contributed by atoms with Crippen LogP contribution in [0.25, 0.3) is 0 Å². The third kappa shape index (κ3) is 1.19. The molecule has 0 aromatic rings. The molecule has 4 nitrogen and oxygen atoms in total. The summed E-state index contributed by atoms with van der Waals surface area (Å²) in [4.78, 5) is 20.8. The molecule has 9 heavy (non-hydrogen) atoms. The largest absolute Gasteiger partial charge is 0.447 e. The molecule has 0 saturated carbocycles. The Morgan fingerprint density at radius 2 is 2.56 bits per heavy atom. The van der Waals surface area contributed by atoms with Crippen LogP contribution >= 0.6 is 0 Å². The first-order chi connectivity index (χ1) is 4.20. The molecule has 1 saturated heterocycles. The Kier molecular flexibility index (Phi) is 1.38. The monoisotopic (exact) mass is 129 g/mol. The van der Waals surface area contributed by atoms with Crippen LogP contribution in [0.4, 0.5) is 4.79 Å². The quantitative estimate of drug-likeness (QED) is 0.528. The Morgan fingerprint density at radius 3 is 2.78 bits per heavy atom. The number of nitrogens with one attached hydrogen (secondary N) is 1. The van der Waals surface area contributed by atoms with Crippen LogP contribution in [-0.2, 0) is 9.53 Å². The number of ketones is 1. The van der Waals surface area contributed by atoms with E-state index in [-0.39, 0.29) is 12.4 Å². The summed E-state index contributed by atoms with van der Waals surface area (Å²) < 4.78 is 4.46. The molecular weight excluding hydrogens is 122 g/mol. The zero-order chi connectivity index (χ0) is 6.85. The van der Waals surface area contributed by atoms with Gasteiger partial charge in [-0.15, -0.1) is 0 Å². The Bertz CT molecular complexity index is 154. The zero-order valence-corrected chi connectivity index (χ0v) is 5.01. The number of Topliss-reactive ketones (excluding diaryl/α,β-unsaturated/α-hetero) is 1. The molecule has 0 aromatic heterocycles. The normalized spacial score (nSPS) is 25.0. The number of hydrogen-bond donors (Lipinski definition) is 1. The molecule has 1 N–H and O–H groups in total. The minimum Gasteiger partial charge on any atom is -0.447 e. The van der Waals surface area contributed by atoms with E-state index < -0.39 is 12.1 Å². The molecule has 1 unspecified atom stereocenters. The molecule has 1 amide bonds. The van der Waals surface area contributed by atoms with Crippen LogP contribution in [0.5, 0.6) is 0 Å². The van der Waals surface area contributed by atoms with E-state index in [9.17, 15) is 9.59 Å². The molecule has 4 heteroatoms. The number of cyclic esters (lactones) is 1. The van der Waals surface area contributed by atoms with Crippen molar-refractivity contribution in [3.63, 3.8) is 0 Å². The number of carbonyl (C=O) groups is 2. The van der Waals surface area contributed by atoms with Gasteiger partial charge in [-0.05, 0) is 6.92 Å². The van der Waals surface area contributed by atoms with Crippen molar-refractivity contribution in [1.29, 1.82) is 0 Å². The summed E-state index contributed by atoms with van der Waals surface area (Å²) in [6.07, 6.45) is -0.504. The molecule has 1 rings (SSSR count). The van der Waals surface area contributed by atoms with Crippen LogP contribution in [-0.4, -0.2) is 24.5 Å². The van der Waals surface area contributed by atoms with Crippen molar-refractivity contribution < 1.29 is 14.3 Å². The molecule has 1 aliphatic heterocycles. The fourth-order valence-corrected chi connectivity index (χ4v) is 0.604. The predicted octanol–water partition coefficient (Wildman–Crippen LogP) is -0.316. The summed E-state index contributed by atoms with van der Waals surface area (Å²) in [7, 11) is 0. The first-order valence-electron chi connectivity index (χ1n) is 2.64. The van der Waals surface area contributed by atoms with Crippen LogP contribution in [0.3, 0.4) is 0 Å². The summed E-state index contributed by atoms with van der Waals surface area (Å²) >= 11 is 0. The smallest absolute Gasteiger partial charge is 0.407 e. The lowest BCUT2D eigenvalue weighted by Crippen LogP contribution is -2.32. The molecule has 1 atom stereocenters. The first kappa shape index (κ1) is 6.07. The second kappa shape index (κ2) is 2.05. The highest BCUT2D eigenvalue weighted by atomic mass is 16.6. The van der Waals surface area contributed by atoms with Gasteiger partial charge in [-0.1, -0.05) is 0 Å². The van der Waals surface area contributed by atoms with Gasteiger partial charge in [-0.2, -0.15) is 0 Å². The van der Waals surface area contributed by atoms with Crippen molar-refractivity contribution >= 4 is 11.9 Å². The summed E-state index contributed by atoms with van der Waals surface area (Å²) in [5, 5.41) is 2.34. The van der Waals surface area contributed by atoms with Crippen LogP contribution in [0.15, 0.2) is 0 Å². The van der Waals surface area contributed by atoms with Gasteiger partial charge in [0.25, 0.3) is 0 Å². The highest BCUT2D eigenvalue weighted by Gasteiger charge is 2.25. The van der Waals surface area contributed by atoms with E-state index in [0.29, 0.717) is 0 Å². The van der Waals surface area contributed by atoms with Crippen molar-refractivity contribution in [1.82, 2.24) is 5.32 Å². The molecule has 50 valence electrons. The van der Waals surface area contributed by atoms with E-state index in [1.54, 1.807) is 0 Å². The highest BCUT2D eigenvalue weighted by Crippen LogP contribution is 1.97. The molecule has 0 bridgehead atoms. The number of carbonyl (C=O) groups excluding carboxylic acids is 2. The fraction of sp³-hybridized carbons (Fsp3) is 0.600. The standard InChI is InChI=1S/C5H7NO3/c1-3(7)4-2-9-5(8)6-4/h4H,2H2,1H3,(H,6,8). The zero-order valence-electron chi connectivity index (χ0n) is 5.01. The minimum atomic E-state index is -0.504. The molecule has 0 spiro atoms. The number of hydrogen-bond acceptors (Lipinski definition) is 3. The number of rotatable bonds is 1. The maximum atomic E-state index is 10.5. The van der Waals surface area contributed by atoms with Crippen LogP contribution in [0, 0.1) is 0 Å². The predicted molar refractivity (Wildman–Crippen MR) is 29.0 cm³/mol. The Hall–Kier alpha value is -1.06. The molecule has 1 heterocycles. The number of ether oxygens (including phenoxy) is 1. The maximum Gasteiger partial charge on any atom is 0.407 e. The Labute approximate surface area is 52.2 Å². The maximum absolute atomic E-state index is 10.5. The van der Waals surface area contributed by atoms with Gasteiger partial charge in [0.15, 0.2) is 5.78 Å². The van der Waals surface area contributed by atoms with Gasteiger partial charge >= 0.3 is 6.09 Å². The van der Waals surface area contributed by atoms with Crippen LogP contribution < -0.4 is 5.32 Å². The average Bonchev–Trinajstić information content (AvgIpc) is 2.14. The van der Waals surface area contributed by atoms with Gasteiger partial charge in [-0.3, -0.25) is 4.79 Å². The van der Waals surface area contributed by atoms with Crippen molar-refractivity contribution in [3.8, 4) is 0 Å². The lowest BCUT2D eigenvalue weighted by molar-refractivity contribution is -0.118. The summed E-state index contributed by atoms with van der Waals surface area (Å²) in [6, 6.07) is -0.419. The summed E-state index contributed by atoms with van der Waals surface area (Å²) in [6.45, 7) is 1.59. The van der Waals surface area contributed by atoms with Crippen molar-refractivity contribution in [2.45, 2.75) is 13.0 Å². The highest BCUT2D eigenvalue weighted by molar-refractivity contribution is 5.87. The lowest BCUT2D eigenvalue weighted by atomic mass is 10.2. The molecule has 1 aliphatic rings. The Balaban J connectivity index is 2.48. The second-order valence-corrected chi connectivity index (χ2v) is 1.91. The summed E-state index contributed by atoms with van der Waals surface area (Å²) in [5.41, 5.74) is 0. The second-order valence-electron chi connectivity index (χ2n) is 1.91. The molecule has 0 aromatic carbocycles. The van der Waals surface area contributed by atoms with Crippen molar-refractivity contribution in [2.24, 2.45) is 0 Å². The van der Waals surface area contributed by atoms with E-state index in [1.807, 2.05) is 0 Å². The van der Waals surface area contributed by atoms with Crippen LogP contribution in [0.2, 0.25) is 0 Å². The van der Waals surface area contributed by atoms with Gasteiger partial charge in [0.1, 0.15) is 12.6 Å². The topological polar surface area (TPSA) is 55.4 Å². The lowest BCUT2D eigenvalue weighted by Gasteiger charge is -1.97. The summed E-state index contributed by atoms with van der Waals surface area (Å²) in [5.74, 6) is -0.0687. The van der Waals surface area contributed by atoms with E-state index in [1.165, 1.54) is 6.92 Å². The number of amides is 1. The van der Waals surface area contributed by atoms with E-state index >= 15 is 0 Å². The minimum absolute atomic E-state index is 0.0687. The van der Waals surface area contributed by atoms with Crippen molar-refractivity contribution in [3.05, 3.63) is 0 Å². The van der Waals surface area contributed by atoms with Gasteiger partial charge in [0, 0.05) is 0 Å². The van der Waals surface area contributed by atoms with Gasteiger partial charge in [-0.25, -0.2) is 4.79 Å². The van der Waals surface area contributed by atoms with E-state index in [2.05, 4.69) is 10.1 Å². The average molecular weight is 129 g/mol. The van der Waals surface area contributed by atoms with Gasteiger partial charge < -0.3 is 10.1 Å². The van der Waals surface area contributed by atoms with Crippen LogP contribution in [0.1, 0.15) is 6.92 Å². The van der Waals surface area contributed by atoms with Crippen molar-refractivity contribution in [2.75, 3.05) is 6.61 Å². The molecule has 0 radical (unpaired) electrons. The third-order valence-corrected chi connectivity index (χ3v) is 1.16. The third-order valence-electron chi connectivity index (χ3n) is 1.16. The Morgan fingerprint density at radius 1 is 1.89 bits per heavy atom. The number of alkyl carbamates (subject to hydrolysis) is 1. The van der Waals surface area contributed by atoms with E-state index in [0.717, 1.165) is 0 Å². The molecule has 1 fully saturated rings. The van der Waals surface area contributed by atoms with Gasteiger partial charge in [0.05, 0.1) is 0 Å². The van der Waals surface area contributed by atoms with Gasteiger partial charge in [0.2, 0.25) is 0 Å². The first-order valence-corrected chi connectivity index (χ1v) is 2.64. The fourth-order valence-electron chi connectivity index (χ4n) is 0.604.